The molecule has 3 heterocycles. The van der Waals surface area contributed by atoms with Crippen molar-refractivity contribution >= 4 is 23.1 Å². The summed E-state index contributed by atoms with van der Waals surface area (Å²) < 4.78 is 15.7. The average molecular weight is 458 g/mol. The van der Waals surface area contributed by atoms with Gasteiger partial charge in [-0.25, -0.2) is 9.18 Å². The molecule has 1 atom stereocenters. The number of aromatic nitrogens is 1. The summed E-state index contributed by atoms with van der Waals surface area (Å²) in [6.07, 6.45) is 6.73. The lowest BCUT2D eigenvalue weighted by Crippen LogP contribution is -2.38. The highest BCUT2D eigenvalue weighted by Crippen LogP contribution is 2.44. The highest BCUT2D eigenvalue weighted by Gasteiger charge is 2.36. The summed E-state index contributed by atoms with van der Waals surface area (Å²) in [6.45, 7) is 0.537. The van der Waals surface area contributed by atoms with Crippen molar-refractivity contribution in [1.29, 1.82) is 0 Å². The Morgan fingerprint density at radius 3 is 2.55 bits per heavy atom. The van der Waals surface area contributed by atoms with Gasteiger partial charge < -0.3 is 14.8 Å². The molecule has 1 aliphatic heterocycles. The fourth-order valence-electron chi connectivity index (χ4n) is 5.10. The second kappa shape index (κ2) is 8.19. The van der Waals surface area contributed by atoms with E-state index in [-0.39, 0.29) is 17.9 Å². The van der Waals surface area contributed by atoms with E-state index in [4.69, 9.17) is 0 Å². The molecule has 33 heavy (non-hydrogen) atoms. The number of halogens is 1. The van der Waals surface area contributed by atoms with Crippen LogP contribution in [-0.2, 0) is 19.4 Å². The Bertz CT molecular complexity index is 1310. The predicted octanol–water partition coefficient (Wildman–Crippen LogP) is 6.69. The zero-order chi connectivity index (χ0) is 22.4. The first-order chi connectivity index (χ1) is 16.2. The van der Waals surface area contributed by atoms with Gasteiger partial charge in [0.15, 0.2) is 0 Å². The van der Waals surface area contributed by atoms with Gasteiger partial charge >= 0.3 is 6.03 Å². The van der Waals surface area contributed by atoms with Crippen LogP contribution in [0.15, 0.2) is 72.9 Å². The first kappa shape index (κ1) is 20.2. The number of carbonyl (C=O) groups is 1. The molecule has 2 aromatic carbocycles. The third-order valence-electron chi connectivity index (χ3n) is 6.65. The molecule has 1 aliphatic carbocycles. The summed E-state index contributed by atoms with van der Waals surface area (Å²) in [6, 6.07) is 19.9. The maximum Gasteiger partial charge on any atom is 0.322 e. The number of benzene rings is 2. The molecule has 6 heteroatoms. The Morgan fingerprint density at radius 2 is 1.73 bits per heavy atom. The average Bonchev–Trinajstić information content (AvgIpc) is 3.43. The number of fused-ring (bicyclic) bond motifs is 5. The number of anilines is 1. The number of amides is 2. The monoisotopic (exact) mass is 457 g/mol. The molecule has 4 aromatic rings. The number of carbonyl (C=O) groups excluding carboxylic acids is 1. The maximum absolute atomic E-state index is 13.7. The van der Waals surface area contributed by atoms with Gasteiger partial charge in [0, 0.05) is 22.3 Å². The summed E-state index contributed by atoms with van der Waals surface area (Å²) in [4.78, 5) is 17.1. The molecule has 1 N–H and O–H groups in total. The molecule has 2 amide bonds. The Labute approximate surface area is 196 Å². The molecule has 4 nitrogen and oxygen atoms in total. The zero-order valence-corrected chi connectivity index (χ0v) is 18.9. The molecule has 2 aromatic heterocycles. The minimum absolute atomic E-state index is 0.188. The van der Waals surface area contributed by atoms with Crippen LogP contribution in [0.3, 0.4) is 0 Å². The molecule has 0 saturated heterocycles. The molecule has 0 saturated carbocycles. The SMILES string of the molecule is O=C(Nc1ccc(F)cc1)N1Cc2c(sc3c2CCCC3)-n2cccc2[C@@H]1c1ccccc1. The highest BCUT2D eigenvalue weighted by molar-refractivity contribution is 7.15. The van der Waals surface area contributed by atoms with Crippen LogP contribution in [0.25, 0.3) is 5.00 Å². The van der Waals surface area contributed by atoms with Crippen molar-refractivity contribution in [3.8, 4) is 5.00 Å². The standard InChI is InChI=1S/C27H24FN3OS/c28-19-12-14-20(15-13-19)29-27(32)31-17-22-21-9-4-5-11-24(21)33-26(22)30-16-6-10-23(30)25(31)18-7-2-1-3-8-18/h1-3,6-8,10,12-16,25H,4-5,9,11,17H2,(H,29,32)/t25-/m0/s1. The van der Waals surface area contributed by atoms with Gasteiger partial charge in [-0.3, -0.25) is 0 Å². The number of nitrogens with one attached hydrogen (secondary N) is 1. The van der Waals surface area contributed by atoms with Crippen LogP contribution in [0.1, 0.15) is 46.1 Å². The van der Waals surface area contributed by atoms with E-state index in [9.17, 15) is 9.18 Å². The van der Waals surface area contributed by atoms with E-state index < -0.39 is 0 Å². The molecule has 0 radical (unpaired) electrons. The first-order valence-corrected chi connectivity index (χ1v) is 12.2. The van der Waals surface area contributed by atoms with Crippen LogP contribution < -0.4 is 5.32 Å². The lowest BCUT2D eigenvalue weighted by molar-refractivity contribution is 0.194. The largest absolute Gasteiger partial charge is 0.322 e. The summed E-state index contributed by atoms with van der Waals surface area (Å²) in [5.41, 5.74) is 5.41. The van der Waals surface area contributed by atoms with E-state index in [1.807, 2.05) is 34.4 Å². The van der Waals surface area contributed by atoms with Crippen LogP contribution >= 0.6 is 11.3 Å². The van der Waals surface area contributed by atoms with Crippen LogP contribution in [-0.4, -0.2) is 15.5 Å². The number of thiophene rings is 1. The number of urea groups is 1. The summed E-state index contributed by atoms with van der Waals surface area (Å²) >= 11 is 1.88. The van der Waals surface area contributed by atoms with Crippen molar-refractivity contribution in [3.63, 3.8) is 0 Å². The van der Waals surface area contributed by atoms with E-state index >= 15 is 0 Å². The van der Waals surface area contributed by atoms with Crippen LogP contribution in [0.5, 0.6) is 0 Å². The Hall–Kier alpha value is -3.38. The number of nitrogens with zero attached hydrogens (tertiary/aromatic N) is 2. The topological polar surface area (TPSA) is 37.3 Å². The normalized spacial score (nSPS) is 17.0. The Balaban J connectivity index is 1.49. The maximum atomic E-state index is 13.7. The number of hydrogen-bond donors (Lipinski definition) is 1. The van der Waals surface area contributed by atoms with Crippen LogP contribution in [0.2, 0.25) is 0 Å². The van der Waals surface area contributed by atoms with Crippen molar-refractivity contribution in [2.24, 2.45) is 0 Å². The molecule has 6 rings (SSSR count). The Morgan fingerprint density at radius 1 is 0.939 bits per heavy atom. The minimum Gasteiger partial charge on any atom is -0.310 e. The van der Waals surface area contributed by atoms with Crippen molar-refractivity contribution in [1.82, 2.24) is 9.47 Å². The van der Waals surface area contributed by atoms with Crippen molar-refractivity contribution in [2.75, 3.05) is 5.32 Å². The van der Waals surface area contributed by atoms with E-state index in [1.165, 1.54) is 46.0 Å². The Kier molecular flexibility index (Phi) is 5.03. The van der Waals surface area contributed by atoms with E-state index in [1.54, 1.807) is 12.1 Å². The summed E-state index contributed by atoms with van der Waals surface area (Å²) in [7, 11) is 0. The van der Waals surface area contributed by atoms with Crippen molar-refractivity contribution in [3.05, 3.63) is 106 Å². The van der Waals surface area contributed by atoms with Gasteiger partial charge in [-0.05, 0) is 73.2 Å². The number of hydrogen-bond acceptors (Lipinski definition) is 2. The molecule has 0 unspecified atom stereocenters. The van der Waals surface area contributed by atoms with Gasteiger partial charge in [0.2, 0.25) is 0 Å². The molecular formula is C27H24FN3OS. The third-order valence-corrected chi connectivity index (χ3v) is 7.98. The molecular weight excluding hydrogens is 433 g/mol. The van der Waals surface area contributed by atoms with Crippen molar-refractivity contribution in [2.45, 2.75) is 38.3 Å². The van der Waals surface area contributed by atoms with Gasteiger partial charge in [-0.1, -0.05) is 30.3 Å². The predicted molar refractivity (Wildman–Crippen MR) is 130 cm³/mol. The first-order valence-electron chi connectivity index (χ1n) is 11.4. The lowest BCUT2D eigenvalue weighted by atomic mass is 9.95. The molecule has 166 valence electrons. The van der Waals surface area contributed by atoms with Crippen molar-refractivity contribution < 1.29 is 9.18 Å². The number of aryl methyl sites for hydroxylation is 1. The van der Waals surface area contributed by atoms with Gasteiger partial charge in [-0.15, -0.1) is 11.3 Å². The molecule has 0 fully saturated rings. The van der Waals surface area contributed by atoms with Gasteiger partial charge in [0.05, 0.1) is 18.3 Å². The van der Waals surface area contributed by atoms with E-state index in [2.05, 4.69) is 40.3 Å². The molecule has 0 bridgehead atoms. The fraction of sp³-hybridized carbons (Fsp3) is 0.222. The number of rotatable bonds is 2. The van der Waals surface area contributed by atoms with Gasteiger partial charge in [-0.2, -0.15) is 0 Å². The third kappa shape index (κ3) is 3.55. The lowest BCUT2D eigenvalue weighted by Gasteiger charge is -2.31. The summed E-state index contributed by atoms with van der Waals surface area (Å²) in [5.74, 6) is -0.322. The second-order valence-corrected chi connectivity index (χ2v) is 9.76. The smallest absolute Gasteiger partial charge is 0.310 e. The molecule has 0 spiro atoms. The minimum atomic E-state index is -0.322. The van der Waals surface area contributed by atoms with E-state index in [0.717, 1.165) is 24.1 Å². The highest BCUT2D eigenvalue weighted by atomic mass is 32.1. The quantitative estimate of drug-likeness (QED) is 0.358. The summed E-state index contributed by atoms with van der Waals surface area (Å²) in [5, 5.41) is 4.24. The molecule has 2 aliphatic rings. The van der Waals surface area contributed by atoms with Crippen LogP contribution in [0, 0.1) is 5.82 Å². The van der Waals surface area contributed by atoms with Gasteiger partial charge in [0.25, 0.3) is 0 Å². The van der Waals surface area contributed by atoms with E-state index in [0.29, 0.717) is 12.2 Å². The second-order valence-electron chi connectivity index (χ2n) is 8.68. The fourth-order valence-corrected chi connectivity index (χ4v) is 6.51. The zero-order valence-electron chi connectivity index (χ0n) is 18.1. The van der Waals surface area contributed by atoms with Crippen LogP contribution in [0.4, 0.5) is 14.9 Å². The van der Waals surface area contributed by atoms with Gasteiger partial charge in [0.1, 0.15) is 10.8 Å².